The fourth-order valence-electron chi connectivity index (χ4n) is 1.95. The molecule has 1 unspecified atom stereocenters. The molecule has 0 saturated carbocycles. The molecule has 0 spiro atoms. The predicted octanol–water partition coefficient (Wildman–Crippen LogP) is 3.67. The molecule has 0 aliphatic carbocycles. The summed E-state index contributed by atoms with van der Waals surface area (Å²) in [5, 5.41) is 1.97. The van der Waals surface area contributed by atoms with Gasteiger partial charge in [-0.3, -0.25) is 4.79 Å². The van der Waals surface area contributed by atoms with Crippen LogP contribution >= 0.6 is 11.3 Å². The van der Waals surface area contributed by atoms with Crippen molar-refractivity contribution in [3.63, 3.8) is 0 Å². The average molecular weight is 296 g/mol. The van der Waals surface area contributed by atoms with Gasteiger partial charge in [0.05, 0.1) is 0 Å². The van der Waals surface area contributed by atoms with Gasteiger partial charge < -0.3 is 10.6 Å². The van der Waals surface area contributed by atoms with E-state index in [1.165, 1.54) is 0 Å². The van der Waals surface area contributed by atoms with Crippen LogP contribution in [0.4, 0.5) is 0 Å². The van der Waals surface area contributed by atoms with Crippen LogP contribution in [0.5, 0.6) is 0 Å². The fraction of sp³-hybridized carbons (Fsp3) is 0.688. The highest BCUT2D eigenvalue weighted by Crippen LogP contribution is 2.20. The number of hydrogen-bond acceptors (Lipinski definition) is 3. The summed E-state index contributed by atoms with van der Waals surface area (Å²) < 4.78 is 0. The summed E-state index contributed by atoms with van der Waals surface area (Å²) >= 11 is 1.55. The van der Waals surface area contributed by atoms with Crippen LogP contribution < -0.4 is 5.73 Å². The van der Waals surface area contributed by atoms with E-state index >= 15 is 0 Å². The highest BCUT2D eigenvalue weighted by Gasteiger charge is 2.23. The fourth-order valence-corrected chi connectivity index (χ4v) is 2.67. The molecule has 3 nitrogen and oxygen atoms in total. The largest absolute Gasteiger partial charge is 0.341 e. The van der Waals surface area contributed by atoms with Crippen molar-refractivity contribution in [3.8, 4) is 0 Å². The van der Waals surface area contributed by atoms with Gasteiger partial charge in [0, 0.05) is 18.0 Å². The van der Waals surface area contributed by atoms with Gasteiger partial charge in [0.2, 0.25) is 5.91 Å². The summed E-state index contributed by atoms with van der Waals surface area (Å²) in [6.07, 6.45) is 2.06. The Balaban J connectivity index is 2.66. The maximum absolute atomic E-state index is 12.6. The van der Waals surface area contributed by atoms with Crippen molar-refractivity contribution in [3.05, 3.63) is 22.4 Å². The third kappa shape index (κ3) is 5.63. The third-order valence-corrected chi connectivity index (χ3v) is 4.34. The Morgan fingerprint density at radius 1 is 1.20 bits per heavy atom. The van der Waals surface area contributed by atoms with Gasteiger partial charge in [-0.25, -0.2) is 0 Å². The summed E-state index contributed by atoms with van der Waals surface area (Å²) in [4.78, 5) is 15.5. The van der Waals surface area contributed by atoms with E-state index in [-0.39, 0.29) is 5.91 Å². The van der Waals surface area contributed by atoms with E-state index in [1.807, 2.05) is 22.4 Å². The quantitative estimate of drug-likeness (QED) is 0.795. The summed E-state index contributed by atoms with van der Waals surface area (Å²) in [6.45, 7) is 10.4. The van der Waals surface area contributed by atoms with E-state index in [1.54, 1.807) is 11.3 Å². The normalized spacial score (nSPS) is 12.9. The number of rotatable bonds is 8. The zero-order valence-corrected chi connectivity index (χ0v) is 14.0. The lowest BCUT2D eigenvalue weighted by atomic mass is 10.1. The van der Waals surface area contributed by atoms with Gasteiger partial charge in [0.1, 0.15) is 6.04 Å². The van der Waals surface area contributed by atoms with Gasteiger partial charge in [-0.1, -0.05) is 33.8 Å². The van der Waals surface area contributed by atoms with Gasteiger partial charge in [-0.15, -0.1) is 11.3 Å². The van der Waals surface area contributed by atoms with E-state index < -0.39 is 6.04 Å². The minimum absolute atomic E-state index is 0.0637. The molecule has 0 bridgehead atoms. The minimum Gasteiger partial charge on any atom is -0.341 e. The SMILES string of the molecule is CC(C)CCN(CCC(C)C)C(=O)C(N)c1cccs1. The van der Waals surface area contributed by atoms with Crippen molar-refractivity contribution in [1.29, 1.82) is 0 Å². The van der Waals surface area contributed by atoms with Crippen molar-refractivity contribution in [1.82, 2.24) is 4.90 Å². The van der Waals surface area contributed by atoms with Crippen molar-refractivity contribution < 1.29 is 4.79 Å². The van der Waals surface area contributed by atoms with E-state index in [2.05, 4.69) is 27.7 Å². The van der Waals surface area contributed by atoms with E-state index in [0.717, 1.165) is 30.8 Å². The lowest BCUT2D eigenvalue weighted by Crippen LogP contribution is -2.40. The van der Waals surface area contributed by atoms with Crippen LogP contribution in [0.2, 0.25) is 0 Å². The van der Waals surface area contributed by atoms with E-state index in [0.29, 0.717) is 11.8 Å². The molecule has 20 heavy (non-hydrogen) atoms. The number of carbonyl (C=O) groups excluding carboxylic acids is 1. The van der Waals surface area contributed by atoms with Gasteiger partial charge in [-0.2, -0.15) is 0 Å². The first-order chi connectivity index (χ1) is 9.41. The van der Waals surface area contributed by atoms with Gasteiger partial charge in [-0.05, 0) is 36.1 Å². The van der Waals surface area contributed by atoms with Crippen molar-refractivity contribution in [2.24, 2.45) is 17.6 Å². The monoisotopic (exact) mass is 296 g/mol. The summed E-state index contributed by atoms with van der Waals surface area (Å²) in [7, 11) is 0. The molecular formula is C16H28N2OS. The van der Waals surface area contributed by atoms with Crippen LogP contribution in [0.1, 0.15) is 51.5 Å². The molecule has 1 aromatic heterocycles. The summed E-state index contributed by atoms with van der Waals surface area (Å²) in [5.41, 5.74) is 6.12. The van der Waals surface area contributed by atoms with Gasteiger partial charge in [0.15, 0.2) is 0 Å². The number of hydrogen-bond donors (Lipinski definition) is 1. The first kappa shape index (κ1) is 17.2. The Kier molecular flexibility index (Phi) is 7.24. The summed E-state index contributed by atoms with van der Waals surface area (Å²) in [5.74, 6) is 1.26. The third-order valence-electron chi connectivity index (χ3n) is 3.38. The Labute approximate surface area is 127 Å². The van der Waals surface area contributed by atoms with Crippen LogP contribution in [-0.4, -0.2) is 23.9 Å². The Morgan fingerprint density at radius 3 is 2.15 bits per heavy atom. The Morgan fingerprint density at radius 2 is 1.75 bits per heavy atom. The first-order valence-electron chi connectivity index (χ1n) is 7.49. The molecule has 0 aliphatic rings. The Bertz CT molecular complexity index is 375. The molecule has 0 saturated heterocycles. The molecule has 1 atom stereocenters. The van der Waals surface area contributed by atoms with Gasteiger partial charge >= 0.3 is 0 Å². The predicted molar refractivity (Wildman–Crippen MR) is 86.7 cm³/mol. The summed E-state index contributed by atoms with van der Waals surface area (Å²) in [6, 6.07) is 3.38. The molecule has 1 amide bonds. The first-order valence-corrected chi connectivity index (χ1v) is 8.37. The molecule has 0 fully saturated rings. The maximum Gasteiger partial charge on any atom is 0.244 e. The lowest BCUT2D eigenvalue weighted by molar-refractivity contribution is -0.133. The maximum atomic E-state index is 12.6. The molecule has 1 rings (SSSR count). The number of nitrogens with two attached hydrogens (primary N) is 1. The zero-order valence-electron chi connectivity index (χ0n) is 13.1. The van der Waals surface area contributed by atoms with Crippen molar-refractivity contribution >= 4 is 17.2 Å². The molecule has 0 radical (unpaired) electrons. The molecule has 0 aromatic carbocycles. The molecule has 0 aliphatic heterocycles. The van der Waals surface area contributed by atoms with E-state index in [9.17, 15) is 4.79 Å². The molecule has 4 heteroatoms. The number of amides is 1. The number of thiophene rings is 1. The van der Waals surface area contributed by atoms with Crippen molar-refractivity contribution in [2.45, 2.75) is 46.6 Å². The molecule has 1 aromatic rings. The minimum atomic E-state index is -0.505. The zero-order chi connectivity index (χ0) is 15.1. The molecule has 1 heterocycles. The number of carbonyl (C=O) groups is 1. The van der Waals surface area contributed by atoms with Crippen LogP contribution in [0.15, 0.2) is 17.5 Å². The van der Waals surface area contributed by atoms with Crippen LogP contribution in [-0.2, 0) is 4.79 Å². The number of nitrogens with zero attached hydrogens (tertiary/aromatic N) is 1. The average Bonchev–Trinajstić information content (AvgIpc) is 2.90. The highest BCUT2D eigenvalue weighted by molar-refractivity contribution is 7.10. The van der Waals surface area contributed by atoms with Gasteiger partial charge in [0.25, 0.3) is 0 Å². The molecule has 2 N–H and O–H groups in total. The van der Waals surface area contributed by atoms with Crippen LogP contribution in [0.25, 0.3) is 0 Å². The topological polar surface area (TPSA) is 46.3 Å². The second kappa shape index (κ2) is 8.42. The second-order valence-electron chi connectivity index (χ2n) is 6.18. The molecule has 114 valence electrons. The van der Waals surface area contributed by atoms with Crippen molar-refractivity contribution in [2.75, 3.05) is 13.1 Å². The Hall–Kier alpha value is -0.870. The smallest absolute Gasteiger partial charge is 0.244 e. The second-order valence-corrected chi connectivity index (χ2v) is 7.16. The lowest BCUT2D eigenvalue weighted by Gasteiger charge is -2.27. The highest BCUT2D eigenvalue weighted by atomic mass is 32.1. The molecular weight excluding hydrogens is 268 g/mol. The standard InChI is InChI=1S/C16H28N2OS/c1-12(2)7-9-18(10-8-13(3)4)16(19)15(17)14-6-5-11-20-14/h5-6,11-13,15H,7-10,17H2,1-4H3. The van der Waals surface area contributed by atoms with Crippen LogP contribution in [0.3, 0.4) is 0 Å². The van der Waals surface area contributed by atoms with E-state index in [4.69, 9.17) is 5.73 Å². The van der Waals surface area contributed by atoms with Crippen LogP contribution in [0, 0.1) is 11.8 Å².